The molecule has 18 heavy (non-hydrogen) atoms. The molecule has 0 aromatic heterocycles. The first-order valence-corrected chi connectivity index (χ1v) is 7.63. The monoisotopic (exact) mass is 313 g/mol. The van der Waals surface area contributed by atoms with Gasteiger partial charge < -0.3 is 5.32 Å². The molecule has 0 bridgehead atoms. The van der Waals surface area contributed by atoms with E-state index < -0.39 is 0 Å². The highest BCUT2D eigenvalue weighted by molar-refractivity contribution is 9.10. The van der Waals surface area contributed by atoms with E-state index in [9.17, 15) is 4.39 Å². The van der Waals surface area contributed by atoms with Crippen molar-refractivity contribution in [1.82, 2.24) is 0 Å². The summed E-state index contributed by atoms with van der Waals surface area (Å²) in [5.74, 6) is 0.539. The first-order valence-electron chi connectivity index (χ1n) is 6.84. The van der Waals surface area contributed by atoms with Crippen LogP contribution in [0, 0.1) is 18.7 Å². The van der Waals surface area contributed by atoms with Crippen LogP contribution in [0.5, 0.6) is 0 Å². The number of hydrogen-bond donors (Lipinski definition) is 1. The smallest absolute Gasteiger partial charge is 0.139 e. The van der Waals surface area contributed by atoms with E-state index in [1.54, 1.807) is 6.07 Å². The number of benzene rings is 1. The minimum Gasteiger partial charge on any atom is -0.382 e. The zero-order valence-corrected chi connectivity index (χ0v) is 12.7. The number of halogens is 2. The van der Waals surface area contributed by atoms with Crippen LogP contribution in [0.15, 0.2) is 16.6 Å². The van der Waals surface area contributed by atoms with Crippen LogP contribution in [0.25, 0.3) is 0 Å². The van der Waals surface area contributed by atoms with Crippen molar-refractivity contribution in [3.63, 3.8) is 0 Å². The van der Waals surface area contributed by atoms with Crippen LogP contribution in [-0.4, -0.2) is 6.04 Å². The maximum Gasteiger partial charge on any atom is 0.139 e. The van der Waals surface area contributed by atoms with Crippen LogP contribution in [0.2, 0.25) is 0 Å². The zero-order valence-electron chi connectivity index (χ0n) is 11.1. The van der Waals surface area contributed by atoms with Gasteiger partial charge in [-0.25, -0.2) is 4.39 Å². The van der Waals surface area contributed by atoms with Gasteiger partial charge in [-0.2, -0.15) is 0 Å². The fraction of sp³-hybridized carbons (Fsp3) is 0.600. The molecule has 1 aliphatic rings. The molecule has 0 radical (unpaired) electrons. The molecule has 1 aromatic rings. The molecule has 0 amide bonds. The summed E-state index contributed by atoms with van der Waals surface area (Å²) in [7, 11) is 0. The lowest BCUT2D eigenvalue weighted by molar-refractivity contribution is 0.317. The topological polar surface area (TPSA) is 12.0 Å². The molecule has 2 rings (SSSR count). The molecule has 2 unspecified atom stereocenters. The molecule has 0 aliphatic heterocycles. The Labute approximate surface area is 117 Å². The number of aryl methyl sites for hydroxylation is 1. The Hall–Kier alpha value is -0.570. The summed E-state index contributed by atoms with van der Waals surface area (Å²) in [6.07, 6.45) is 6.33. The minimum absolute atomic E-state index is 0.188. The summed E-state index contributed by atoms with van der Waals surface area (Å²) in [6, 6.07) is 3.96. The third-order valence-corrected chi connectivity index (χ3v) is 4.65. The van der Waals surface area contributed by atoms with Crippen molar-refractivity contribution in [3.8, 4) is 0 Å². The Morgan fingerprint density at radius 1 is 1.33 bits per heavy atom. The van der Waals surface area contributed by atoms with Crippen LogP contribution in [0.1, 0.15) is 44.6 Å². The lowest BCUT2D eigenvalue weighted by Crippen LogP contribution is -2.32. The van der Waals surface area contributed by atoms with Gasteiger partial charge in [0.05, 0.1) is 4.47 Å². The van der Waals surface area contributed by atoms with Gasteiger partial charge in [0.25, 0.3) is 0 Å². The molecule has 1 saturated carbocycles. The van der Waals surface area contributed by atoms with Crippen molar-refractivity contribution in [2.75, 3.05) is 5.32 Å². The standard InChI is InChI=1S/C15H21BrFN/c1-3-11-6-4-5-7-14(11)18-15-9-13(17)12(16)8-10(15)2/h8-9,11,14,18H,3-7H2,1-2H3. The van der Waals surface area contributed by atoms with E-state index in [1.807, 2.05) is 13.0 Å². The first-order chi connectivity index (χ1) is 8.61. The Balaban J connectivity index is 2.15. The largest absolute Gasteiger partial charge is 0.382 e. The van der Waals surface area contributed by atoms with Crippen LogP contribution >= 0.6 is 15.9 Å². The molecule has 2 atom stereocenters. The zero-order chi connectivity index (χ0) is 13.1. The highest BCUT2D eigenvalue weighted by atomic mass is 79.9. The van der Waals surface area contributed by atoms with Gasteiger partial charge in [-0.05, 0) is 59.3 Å². The van der Waals surface area contributed by atoms with E-state index in [2.05, 4.69) is 28.2 Å². The molecule has 1 N–H and O–H groups in total. The summed E-state index contributed by atoms with van der Waals surface area (Å²) in [4.78, 5) is 0. The van der Waals surface area contributed by atoms with Crippen molar-refractivity contribution >= 4 is 21.6 Å². The molecule has 1 fully saturated rings. The van der Waals surface area contributed by atoms with Crippen molar-refractivity contribution < 1.29 is 4.39 Å². The van der Waals surface area contributed by atoms with Crippen molar-refractivity contribution in [2.24, 2.45) is 5.92 Å². The lowest BCUT2D eigenvalue weighted by Gasteiger charge is -2.32. The predicted molar refractivity (Wildman–Crippen MR) is 78.5 cm³/mol. The normalized spacial score (nSPS) is 24.0. The van der Waals surface area contributed by atoms with E-state index in [0.717, 1.165) is 17.2 Å². The quantitative estimate of drug-likeness (QED) is 0.800. The second-order valence-electron chi connectivity index (χ2n) is 5.28. The Kier molecular flexibility index (Phi) is 4.66. The predicted octanol–water partition coefficient (Wildman–Crippen LogP) is 5.28. The number of nitrogens with one attached hydrogen (secondary N) is 1. The van der Waals surface area contributed by atoms with Gasteiger partial charge in [0.15, 0.2) is 0 Å². The van der Waals surface area contributed by atoms with Gasteiger partial charge in [0.2, 0.25) is 0 Å². The highest BCUT2D eigenvalue weighted by Crippen LogP contribution is 2.31. The fourth-order valence-corrected chi connectivity index (χ4v) is 3.35. The van der Waals surface area contributed by atoms with Crippen LogP contribution in [-0.2, 0) is 0 Å². The lowest BCUT2D eigenvalue weighted by atomic mass is 9.82. The van der Waals surface area contributed by atoms with Gasteiger partial charge in [-0.15, -0.1) is 0 Å². The van der Waals surface area contributed by atoms with Gasteiger partial charge >= 0.3 is 0 Å². The molecule has 1 aromatic carbocycles. The molecule has 3 heteroatoms. The van der Waals surface area contributed by atoms with Gasteiger partial charge in [0, 0.05) is 11.7 Å². The summed E-state index contributed by atoms with van der Waals surface area (Å²) < 4.78 is 14.1. The summed E-state index contributed by atoms with van der Waals surface area (Å²) in [5, 5.41) is 3.56. The number of anilines is 1. The molecule has 0 saturated heterocycles. The Morgan fingerprint density at radius 3 is 2.78 bits per heavy atom. The van der Waals surface area contributed by atoms with Crippen LogP contribution in [0.3, 0.4) is 0 Å². The Morgan fingerprint density at radius 2 is 2.06 bits per heavy atom. The average molecular weight is 314 g/mol. The third kappa shape index (κ3) is 3.05. The summed E-state index contributed by atoms with van der Waals surface area (Å²) in [6.45, 7) is 4.27. The maximum atomic E-state index is 13.6. The van der Waals surface area contributed by atoms with Gasteiger partial charge in [-0.1, -0.05) is 26.2 Å². The molecular weight excluding hydrogens is 293 g/mol. The summed E-state index contributed by atoms with van der Waals surface area (Å²) >= 11 is 3.23. The molecular formula is C15H21BrFN. The van der Waals surface area contributed by atoms with Crippen molar-refractivity contribution in [1.29, 1.82) is 0 Å². The molecule has 1 nitrogen and oxygen atoms in total. The van der Waals surface area contributed by atoms with E-state index in [-0.39, 0.29) is 5.82 Å². The van der Waals surface area contributed by atoms with Gasteiger partial charge in [0.1, 0.15) is 5.82 Å². The number of rotatable bonds is 3. The van der Waals surface area contributed by atoms with Crippen LogP contribution < -0.4 is 5.32 Å². The first kappa shape index (κ1) is 13.9. The molecule has 100 valence electrons. The number of hydrogen-bond acceptors (Lipinski definition) is 1. The van der Waals surface area contributed by atoms with Crippen molar-refractivity contribution in [2.45, 2.75) is 52.0 Å². The second-order valence-corrected chi connectivity index (χ2v) is 6.14. The molecule has 1 aliphatic carbocycles. The summed E-state index contributed by atoms with van der Waals surface area (Å²) in [5.41, 5.74) is 2.05. The fourth-order valence-electron chi connectivity index (χ4n) is 2.89. The van der Waals surface area contributed by atoms with E-state index in [4.69, 9.17) is 0 Å². The molecule has 0 heterocycles. The van der Waals surface area contributed by atoms with Crippen LogP contribution in [0.4, 0.5) is 10.1 Å². The van der Waals surface area contributed by atoms with E-state index in [1.165, 1.54) is 32.1 Å². The SMILES string of the molecule is CCC1CCCCC1Nc1cc(F)c(Br)cc1C. The highest BCUT2D eigenvalue weighted by Gasteiger charge is 2.23. The Bertz CT molecular complexity index is 419. The third-order valence-electron chi connectivity index (χ3n) is 4.04. The maximum absolute atomic E-state index is 13.6. The minimum atomic E-state index is -0.188. The van der Waals surface area contributed by atoms with E-state index >= 15 is 0 Å². The molecule has 0 spiro atoms. The second kappa shape index (κ2) is 6.05. The van der Waals surface area contributed by atoms with E-state index in [0.29, 0.717) is 10.5 Å². The van der Waals surface area contributed by atoms with Gasteiger partial charge in [-0.3, -0.25) is 0 Å². The average Bonchev–Trinajstić information content (AvgIpc) is 2.36. The van der Waals surface area contributed by atoms with Crippen molar-refractivity contribution in [3.05, 3.63) is 28.0 Å².